The van der Waals surface area contributed by atoms with Crippen LogP contribution in [0.1, 0.15) is 45.7 Å². The number of aromatic amines is 1. The average molecular weight is 421 g/mol. The van der Waals surface area contributed by atoms with Gasteiger partial charge in [0, 0.05) is 48.7 Å². The first kappa shape index (κ1) is 19.9. The Hall–Kier alpha value is -3.06. The zero-order valence-corrected chi connectivity index (χ0v) is 18.1. The van der Waals surface area contributed by atoms with E-state index in [0.29, 0.717) is 11.3 Å². The Kier molecular flexibility index (Phi) is 5.06. The van der Waals surface area contributed by atoms with Crippen LogP contribution in [0.2, 0.25) is 0 Å². The van der Waals surface area contributed by atoms with Gasteiger partial charge >= 0.3 is 0 Å². The van der Waals surface area contributed by atoms with Gasteiger partial charge in [-0.2, -0.15) is 0 Å². The van der Waals surface area contributed by atoms with Gasteiger partial charge in [-0.25, -0.2) is 0 Å². The average Bonchev–Trinajstić information content (AvgIpc) is 3.47. The van der Waals surface area contributed by atoms with E-state index in [-0.39, 0.29) is 11.8 Å². The Labute approximate surface area is 182 Å². The van der Waals surface area contributed by atoms with E-state index in [2.05, 4.69) is 15.2 Å². The summed E-state index contributed by atoms with van der Waals surface area (Å²) in [6.07, 6.45) is 5.18. The van der Waals surface area contributed by atoms with E-state index in [9.17, 15) is 9.59 Å². The lowest BCUT2D eigenvalue weighted by Crippen LogP contribution is -2.42. The molecule has 2 amide bonds. The number of methoxy groups -OCH3 is 1. The molecule has 3 aliphatic heterocycles. The van der Waals surface area contributed by atoms with Crippen LogP contribution in [0.4, 0.5) is 5.69 Å². The number of nitrogens with zero attached hydrogens (tertiary/aromatic N) is 2. The van der Waals surface area contributed by atoms with Crippen LogP contribution >= 0.6 is 0 Å². The van der Waals surface area contributed by atoms with Crippen LogP contribution in [-0.4, -0.2) is 66.4 Å². The van der Waals surface area contributed by atoms with Gasteiger partial charge in [0.1, 0.15) is 5.75 Å². The van der Waals surface area contributed by atoms with E-state index in [1.165, 1.54) is 12.8 Å². The number of anilines is 1. The molecule has 1 fully saturated rings. The van der Waals surface area contributed by atoms with Crippen molar-refractivity contribution in [3.63, 3.8) is 0 Å². The third kappa shape index (κ3) is 3.53. The lowest BCUT2D eigenvalue weighted by atomic mass is 10.0. The summed E-state index contributed by atoms with van der Waals surface area (Å²) in [6, 6.07) is 5.54. The first-order valence-electron chi connectivity index (χ1n) is 11.0. The highest BCUT2D eigenvalue weighted by Gasteiger charge is 2.31. The summed E-state index contributed by atoms with van der Waals surface area (Å²) < 4.78 is 5.32. The van der Waals surface area contributed by atoms with Crippen LogP contribution in [0.15, 0.2) is 18.2 Å². The number of likely N-dealkylation sites (tertiary alicyclic amines) is 1. The topological polar surface area (TPSA) is 77.7 Å². The number of carbonyl (C=O) groups excluding carboxylic acids is 2. The Balaban J connectivity index is 1.42. The van der Waals surface area contributed by atoms with E-state index in [4.69, 9.17) is 4.74 Å². The molecule has 2 aromatic rings. The molecule has 7 heteroatoms. The van der Waals surface area contributed by atoms with Crippen LogP contribution < -0.4 is 10.1 Å². The molecule has 2 N–H and O–H groups in total. The Bertz CT molecular complexity index is 1080. The van der Waals surface area contributed by atoms with Crippen LogP contribution in [0, 0.1) is 6.92 Å². The molecule has 0 aliphatic carbocycles. The molecule has 7 nitrogen and oxygen atoms in total. The second-order valence-electron chi connectivity index (χ2n) is 8.53. The largest absolute Gasteiger partial charge is 0.497 e. The molecule has 162 valence electrons. The summed E-state index contributed by atoms with van der Waals surface area (Å²) in [4.78, 5) is 33.6. The van der Waals surface area contributed by atoms with Crippen molar-refractivity contribution in [3.8, 4) is 5.75 Å². The highest BCUT2D eigenvalue weighted by atomic mass is 16.5. The first-order valence-corrected chi connectivity index (χ1v) is 11.0. The smallest absolute Gasteiger partial charge is 0.256 e. The van der Waals surface area contributed by atoms with Gasteiger partial charge in [-0.1, -0.05) is 0 Å². The zero-order chi connectivity index (χ0) is 21.5. The fraction of sp³-hybridized carbons (Fsp3) is 0.417. The molecular weight excluding hydrogens is 392 g/mol. The zero-order valence-electron chi connectivity index (χ0n) is 18.1. The van der Waals surface area contributed by atoms with Crippen molar-refractivity contribution >= 4 is 29.2 Å². The molecule has 1 aromatic heterocycles. The van der Waals surface area contributed by atoms with Crippen molar-refractivity contribution in [3.05, 3.63) is 46.3 Å². The molecule has 0 saturated carbocycles. The minimum Gasteiger partial charge on any atom is -0.497 e. The predicted molar refractivity (Wildman–Crippen MR) is 120 cm³/mol. The van der Waals surface area contributed by atoms with Crippen molar-refractivity contribution in [1.29, 1.82) is 0 Å². The van der Waals surface area contributed by atoms with Crippen LogP contribution in [-0.2, 0) is 11.2 Å². The Morgan fingerprint density at radius 1 is 1.13 bits per heavy atom. The van der Waals surface area contributed by atoms with Crippen molar-refractivity contribution in [2.24, 2.45) is 0 Å². The maximum atomic E-state index is 13.2. The lowest BCUT2D eigenvalue weighted by Gasteiger charge is -2.29. The number of fused-ring (bicyclic) bond motifs is 2. The Morgan fingerprint density at radius 2 is 1.94 bits per heavy atom. The van der Waals surface area contributed by atoms with Crippen LogP contribution in [0.3, 0.4) is 0 Å². The normalized spacial score (nSPS) is 19.7. The predicted octanol–water partition coefficient (Wildman–Crippen LogP) is 2.92. The Morgan fingerprint density at radius 3 is 2.71 bits per heavy atom. The van der Waals surface area contributed by atoms with Crippen LogP contribution in [0.25, 0.3) is 11.6 Å². The van der Waals surface area contributed by atoms with Gasteiger partial charge in [0.2, 0.25) is 0 Å². The second kappa shape index (κ2) is 7.89. The molecule has 5 rings (SSSR count). The van der Waals surface area contributed by atoms with Gasteiger partial charge in [-0.15, -0.1) is 0 Å². The minimum atomic E-state index is -0.145. The van der Waals surface area contributed by atoms with Gasteiger partial charge in [-0.05, 0) is 62.7 Å². The highest BCUT2D eigenvalue weighted by molar-refractivity contribution is 6.35. The number of rotatable bonds is 5. The van der Waals surface area contributed by atoms with Crippen LogP contribution in [0.5, 0.6) is 5.75 Å². The molecule has 0 bridgehead atoms. The fourth-order valence-electron chi connectivity index (χ4n) is 4.87. The maximum absolute atomic E-state index is 13.2. The number of carbonyl (C=O) groups is 2. The number of benzene rings is 1. The summed E-state index contributed by atoms with van der Waals surface area (Å²) in [5.41, 5.74) is 5.63. The maximum Gasteiger partial charge on any atom is 0.256 e. The van der Waals surface area contributed by atoms with Gasteiger partial charge in [0.15, 0.2) is 0 Å². The molecule has 31 heavy (non-hydrogen) atoms. The number of nitrogens with one attached hydrogen (secondary N) is 2. The molecule has 0 unspecified atom stereocenters. The van der Waals surface area contributed by atoms with Gasteiger partial charge in [0.05, 0.1) is 18.2 Å². The molecule has 1 aromatic carbocycles. The van der Waals surface area contributed by atoms with Crippen molar-refractivity contribution < 1.29 is 14.3 Å². The number of ether oxygens (including phenoxy) is 1. The van der Waals surface area contributed by atoms with E-state index in [1.54, 1.807) is 7.11 Å². The van der Waals surface area contributed by atoms with E-state index in [0.717, 1.165) is 72.9 Å². The molecule has 0 spiro atoms. The van der Waals surface area contributed by atoms with E-state index >= 15 is 0 Å². The number of H-pyrrole nitrogens is 1. The number of hydrogen-bond donors (Lipinski definition) is 2. The minimum absolute atomic E-state index is 0.0942. The second-order valence-corrected chi connectivity index (χ2v) is 8.53. The summed E-state index contributed by atoms with van der Waals surface area (Å²) in [5, 5.41) is 2.90. The highest BCUT2D eigenvalue weighted by Crippen LogP contribution is 2.36. The number of amides is 2. The van der Waals surface area contributed by atoms with E-state index in [1.807, 2.05) is 36.1 Å². The SMILES string of the molecule is COc1ccc2c(c1)/C(=C/c1[nH]c3c(c1C)C(=O)N(CCN1CCCC1)CC3)C(=O)N2. The molecule has 3 aliphatic rings. The monoisotopic (exact) mass is 420 g/mol. The van der Waals surface area contributed by atoms with Gasteiger partial charge in [-0.3, -0.25) is 9.59 Å². The summed E-state index contributed by atoms with van der Waals surface area (Å²) in [5.74, 6) is 0.651. The molecule has 0 atom stereocenters. The number of aromatic nitrogens is 1. The summed E-state index contributed by atoms with van der Waals surface area (Å²) >= 11 is 0. The number of hydrogen-bond acceptors (Lipinski definition) is 4. The summed E-state index contributed by atoms with van der Waals surface area (Å²) in [7, 11) is 1.61. The van der Waals surface area contributed by atoms with Gasteiger partial charge in [0.25, 0.3) is 11.8 Å². The molecule has 4 heterocycles. The quantitative estimate of drug-likeness (QED) is 0.729. The molecule has 0 radical (unpaired) electrons. The van der Waals surface area contributed by atoms with Crippen molar-refractivity contribution in [2.45, 2.75) is 26.2 Å². The third-order valence-electron chi connectivity index (χ3n) is 6.68. The van der Waals surface area contributed by atoms with Crippen molar-refractivity contribution in [1.82, 2.24) is 14.8 Å². The van der Waals surface area contributed by atoms with E-state index < -0.39 is 0 Å². The first-order chi connectivity index (χ1) is 15.0. The van der Waals surface area contributed by atoms with Crippen molar-refractivity contribution in [2.75, 3.05) is 45.2 Å². The fourth-order valence-corrected chi connectivity index (χ4v) is 4.87. The molecule has 1 saturated heterocycles. The summed E-state index contributed by atoms with van der Waals surface area (Å²) in [6.45, 7) is 6.69. The van der Waals surface area contributed by atoms with Gasteiger partial charge < -0.3 is 24.8 Å². The third-order valence-corrected chi connectivity index (χ3v) is 6.68. The standard InChI is InChI=1S/C24H28N4O3/c1-15-21(14-18-17-13-16(31-2)5-6-19(17)26-23(18)29)25-20-7-10-28(24(30)22(15)20)12-11-27-8-3-4-9-27/h5-6,13-14,25H,3-4,7-12H2,1-2H3,(H,26,29)/b18-14-. The lowest BCUT2D eigenvalue weighted by molar-refractivity contribution is -0.110. The molecular formula is C24H28N4O3.